The van der Waals surface area contributed by atoms with E-state index in [-0.39, 0.29) is 18.4 Å². The number of ether oxygens (including phenoxy) is 1. The van der Waals surface area contributed by atoms with Gasteiger partial charge in [0.1, 0.15) is 23.7 Å². The lowest BCUT2D eigenvalue weighted by molar-refractivity contribution is -0.127. The van der Waals surface area contributed by atoms with Gasteiger partial charge in [-0.2, -0.15) is 0 Å². The van der Waals surface area contributed by atoms with E-state index in [1.807, 2.05) is 62.2 Å². The van der Waals surface area contributed by atoms with Gasteiger partial charge in [0.05, 0.1) is 16.8 Å². The van der Waals surface area contributed by atoms with E-state index in [4.69, 9.17) is 4.74 Å². The summed E-state index contributed by atoms with van der Waals surface area (Å²) in [5.74, 6) is 0.879. The topological polar surface area (TPSA) is 75.9 Å². The summed E-state index contributed by atoms with van der Waals surface area (Å²) in [6.07, 6.45) is 2.72. The highest BCUT2D eigenvalue weighted by molar-refractivity contribution is 6.05. The summed E-state index contributed by atoms with van der Waals surface area (Å²) in [6, 6.07) is 11.1. The number of pyridine rings is 1. The number of aromatic nitrogens is 2. The van der Waals surface area contributed by atoms with Crippen LogP contribution in [0.2, 0.25) is 0 Å². The molecule has 7 heteroatoms. The van der Waals surface area contributed by atoms with Gasteiger partial charge >= 0.3 is 0 Å². The Balaban J connectivity index is 1.64. The van der Waals surface area contributed by atoms with Crippen molar-refractivity contribution in [2.24, 2.45) is 11.3 Å². The number of carbonyl (C=O) groups excluding carboxylic acids is 2. The highest BCUT2D eigenvalue weighted by atomic mass is 16.5. The van der Waals surface area contributed by atoms with Crippen molar-refractivity contribution in [2.45, 2.75) is 41.0 Å². The third kappa shape index (κ3) is 4.07. The summed E-state index contributed by atoms with van der Waals surface area (Å²) in [5.41, 5.74) is 2.59. The number of carbonyl (C=O) groups is 2. The number of aryl methyl sites for hydroxylation is 1. The zero-order valence-electron chi connectivity index (χ0n) is 19.3. The Bertz CT molecular complexity index is 1180. The van der Waals surface area contributed by atoms with Gasteiger partial charge in [-0.25, -0.2) is 4.98 Å². The van der Waals surface area contributed by atoms with Gasteiger partial charge in [0.2, 0.25) is 5.91 Å². The summed E-state index contributed by atoms with van der Waals surface area (Å²) >= 11 is 0. The molecule has 32 heavy (non-hydrogen) atoms. The van der Waals surface area contributed by atoms with Crippen LogP contribution < -0.4 is 15.0 Å². The number of anilines is 2. The highest BCUT2D eigenvalue weighted by Crippen LogP contribution is 2.38. The van der Waals surface area contributed by atoms with Crippen molar-refractivity contribution in [3.8, 4) is 5.75 Å². The van der Waals surface area contributed by atoms with Gasteiger partial charge in [-0.15, -0.1) is 0 Å². The van der Waals surface area contributed by atoms with Crippen molar-refractivity contribution in [3.05, 3.63) is 54.0 Å². The van der Waals surface area contributed by atoms with Crippen molar-refractivity contribution in [1.29, 1.82) is 0 Å². The fourth-order valence-electron chi connectivity index (χ4n) is 3.91. The van der Waals surface area contributed by atoms with Crippen LogP contribution in [0.25, 0.3) is 5.65 Å². The summed E-state index contributed by atoms with van der Waals surface area (Å²) in [4.78, 5) is 32.5. The number of hydrogen-bond donors (Lipinski definition) is 1. The second kappa shape index (κ2) is 8.30. The maximum atomic E-state index is 13.2. The zero-order valence-corrected chi connectivity index (χ0v) is 19.3. The molecule has 0 radical (unpaired) electrons. The van der Waals surface area contributed by atoms with E-state index in [2.05, 4.69) is 24.1 Å². The molecule has 1 N–H and O–H groups in total. The maximum absolute atomic E-state index is 13.2. The Morgan fingerprint density at radius 2 is 2.03 bits per heavy atom. The minimum atomic E-state index is -0.632. The lowest BCUT2D eigenvalue weighted by Crippen LogP contribution is -2.42. The molecule has 0 unspecified atom stereocenters. The third-order valence-corrected chi connectivity index (χ3v) is 5.77. The van der Waals surface area contributed by atoms with Crippen LogP contribution in [-0.2, 0) is 4.79 Å². The van der Waals surface area contributed by atoms with Crippen LogP contribution in [0.15, 0.2) is 42.6 Å². The Kier molecular flexibility index (Phi) is 5.67. The fourth-order valence-corrected chi connectivity index (χ4v) is 3.91. The molecule has 1 aliphatic heterocycles. The average molecular weight is 435 g/mol. The van der Waals surface area contributed by atoms with Crippen LogP contribution in [0.5, 0.6) is 5.75 Å². The van der Waals surface area contributed by atoms with Crippen LogP contribution in [0.3, 0.4) is 0 Å². The van der Waals surface area contributed by atoms with Crippen molar-refractivity contribution in [3.63, 3.8) is 0 Å². The zero-order chi connectivity index (χ0) is 23.0. The molecule has 0 fully saturated rings. The van der Waals surface area contributed by atoms with E-state index in [9.17, 15) is 9.59 Å². The molecular weight excluding hydrogens is 404 g/mol. The normalized spacial score (nSPS) is 15.4. The maximum Gasteiger partial charge on any atom is 0.274 e. The average Bonchev–Trinajstić information content (AvgIpc) is 3.04. The number of benzene rings is 1. The number of hydrogen-bond acceptors (Lipinski definition) is 4. The van der Waals surface area contributed by atoms with Crippen molar-refractivity contribution in [1.82, 2.24) is 9.38 Å². The van der Waals surface area contributed by atoms with Gasteiger partial charge in [-0.3, -0.25) is 14.0 Å². The first-order chi connectivity index (χ1) is 15.2. The van der Waals surface area contributed by atoms with Crippen LogP contribution in [0.1, 0.15) is 50.3 Å². The molecule has 7 nitrogen and oxygen atoms in total. The van der Waals surface area contributed by atoms with Crippen LogP contribution in [0, 0.1) is 18.3 Å². The number of nitrogens with one attached hydrogen (secondary N) is 1. The van der Waals surface area contributed by atoms with Crippen molar-refractivity contribution in [2.75, 3.05) is 23.4 Å². The monoisotopic (exact) mass is 434 g/mol. The predicted molar refractivity (Wildman–Crippen MR) is 125 cm³/mol. The van der Waals surface area contributed by atoms with Gasteiger partial charge in [-0.05, 0) is 57.4 Å². The summed E-state index contributed by atoms with van der Waals surface area (Å²) in [5, 5.41) is 2.96. The molecule has 2 amide bonds. The molecular formula is C25H30N4O3. The molecule has 0 aliphatic carbocycles. The summed E-state index contributed by atoms with van der Waals surface area (Å²) in [7, 11) is 0. The minimum absolute atomic E-state index is 0.0510. The molecule has 1 aromatic carbocycles. The molecule has 168 valence electrons. The van der Waals surface area contributed by atoms with Gasteiger partial charge in [0.25, 0.3) is 5.91 Å². The first-order valence-corrected chi connectivity index (χ1v) is 11.0. The molecule has 0 spiro atoms. The Morgan fingerprint density at radius 3 is 2.78 bits per heavy atom. The van der Waals surface area contributed by atoms with E-state index >= 15 is 0 Å². The number of rotatable bonds is 5. The van der Waals surface area contributed by atoms with Gasteiger partial charge in [-0.1, -0.05) is 19.9 Å². The van der Waals surface area contributed by atoms with Crippen molar-refractivity contribution < 1.29 is 14.3 Å². The van der Waals surface area contributed by atoms with Gasteiger partial charge < -0.3 is 15.0 Å². The number of fused-ring (bicyclic) bond motifs is 2. The van der Waals surface area contributed by atoms with Gasteiger partial charge in [0.15, 0.2) is 0 Å². The fraction of sp³-hybridized carbons (Fsp3) is 0.400. The summed E-state index contributed by atoms with van der Waals surface area (Å²) in [6.45, 7) is 10.8. The standard InChI is InChI=1S/C25H30N4O3/c1-16(2)11-13-28-19-10-9-18(14-20(19)32-15-25(4,5)24(28)31)27-23(30)22-17(3)26-21-8-6-7-12-29(21)22/h6-10,12,14,16H,11,13,15H2,1-5H3,(H,27,30). The first kappa shape index (κ1) is 21.9. The quantitative estimate of drug-likeness (QED) is 0.632. The van der Waals surface area contributed by atoms with Crippen LogP contribution in [0.4, 0.5) is 11.4 Å². The SMILES string of the molecule is Cc1nc2ccccn2c1C(=O)Nc1ccc2c(c1)OCC(C)(C)C(=O)N2CCC(C)C. The number of amides is 2. The minimum Gasteiger partial charge on any atom is -0.490 e. The van der Waals surface area contributed by atoms with E-state index in [0.29, 0.717) is 35.3 Å². The largest absolute Gasteiger partial charge is 0.490 e. The molecule has 0 atom stereocenters. The second-order valence-electron chi connectivity index (χ2n) is 9.42. The molecule has 4 rings (SSSR count). The predicted octanol–water partition coefficient (Wildman–Crippen LogP) is 4.69. The van der Waals surface area contributed by atoms with E-state index in [1.165, 1.54) is 0 Å². The number of imidazole rings is 1. The summed E-state index contributed by atoms with van der Waals surface area (Å²) < 4.78 is 7.82. The lowest BCUT2D eigenvalue weighted by Gasteiger charge is -2.28. The Morgan fingerprint density at radius 1 is 1.25 bits per heavy atom. The highest BCUT2D eigenvalue weighted by Gasteiger charge is 2.37. The molecule has 0 saturated heterocycles. The molecule has 3 aromatic rings. The van der Waals surface area contributed by atoms with E-state index in [1.54, 1.807) is 10.5 Å². The van der Waals surface area contributed by atoms with E-state index in [0.717, 1.165) is 17.8 Å². The van der Waals surface area contributed by atoms with E-state index < -0.39 is 5.41 Å². The van der Waals surface area contributed by atoms with Crippen LogP contribution >= 0.6 is 0 Å². The molecule has 3 heterocycles. The van der Waals surface area contributed by atoms with Crippen LogP contribution in [-0.4, -0.2) is 34.4 Å². The second-order valence-corrected chi connectivity index (χ2v) is 9.42. The Hall–Kier alpha value is -3.35. The van der Waals surface area contributed by atoms with Crippen molar-refractivity contribution >= 4 is 28.8 Å². The Labute approximate surface area is 188 Å². The lowest BCUT2D eigenvalue weighted by atomic mass is 9.92. The molecule has 0 bridgehead atoms. The first-order valence-electron chi connectivity index (χ1n) is 11.0. The molecule has 0 saturated carbocycles. The smallest absolute Gasteiger partial charge is 0.274 e. The number of nitrogens with zero attached hydrogens (tertiary/aromatic N) is 3. The molecule has 1 aliphatic rings. The third-order valence-electron chi connectivity index (χ3n) is 5.77. The van der Waals surface area contributed by atoms with Gasteiger partial charge in [0, 0.05) is 24.5 Å². The molecule has 2 aromatic heterocycles.